The van der Waals surface area contributed by atoms with E-state index in [1.807, 2.05) is 0 Å². The number of hydrogen-bond donors (Lipinski definition) is 1. The van der Waals surface area contributed by atoms with Crippen molar-refractivity contribution in [3.05, 3.63) is 36.9 Å². The molecule has 0 atom stereocenters. The Morgan fingerprint density at radius 3 is 2.50 bits per heavy atom. The van der Waals surface area contributed by atoms with E-state index in [2.05, 4.69) is 13.2 Å². The summed E-state index contributed by atoms with van der Waals surface area (Å²) in [5.41, 5.74) is 0. The van der Waals surface area contributed by atoms with Crippen LogP contribution in [-0.2, 0) is 9.53 Å². The van der Waals surface area contributed by atoms with Gasteiger partial charge in [-0.05, 0) is 6.08 Å². The Bertz CT molecular complexity index is 209. The van der Waals surface area contributed by atoms with Crippen molar-refractivity contribution in [3.8, 4) is 0 Å². The Kier molecular flexibility index (Phi) is 12.5. The van der Waals surface area contributed by atoms with Crippen molar-refractivity contribution in [1.82, 2.24) is 0 Å². The standard InChI is InChI=1S/C9H11FO2.CH4O/c1-3-9(7-8(2)10)12-6-4-5-11;1-2/h3,5,7H,1-2,4,6H2;2H,1H3/b9-7+;. The number of aliphatic hydroxyl groups excluding tert-OH is 1. The lowest BCUT2D eigenvalue weighted by molar-refractivity contribution is -0.108. The lowest BCUT2D eigenvalue weighted by Crippen LogP contribution is -1.93. The first kappa shape index (κ1) is 15.1. The van der Waals surface area contributed by atoms with Gasteiger partial charge in [-0.2, -0.15) is 0 Å². The average molecular weight is 202 g/mol. The van der Waals surface area contributed by atoms with Gasteiger partial charge in [0.05, 0.1) is 6.61 Å². The molecule has 0 bridgehead atoms. The van der Waals surface area contributed by atoms with Gasteiger partial charge in [-0.1, -0.05) is 13.2 Å². The molecule has 0 aromatic rings. The monoisotopic (exact) mass is 202 g/mol. The second kappa shape index (κ2) is 11.6. The van der Waals surface area contributed by atoms with E-state index in [9.17, 15) is 9.18 Å². The van der Waals surface area contributed by atoms with Crippen LogP contribution in [0, 0.1) is 0 Å². The number of carbonyl (C=O) groups excluding carboxylic acids is 1. The zero-order valence-electron chi connectivity index (χ0n) is 8.20. The van der Waals surface area contributed by atoms with Crippen molar-refractivity contribution in [2.45, 2.75) is 6.42 Å². The van der Waals surface area contributed by atoms with E-state index in [1.165, 1.54) is 6.08 Å². The molecule has 0 fully saturated rings. The summed E-state index contributed by atoms with van der Waals surface area (Å²) in [4.78, 5) is 9.88. The molecule has 1 N–H and O–H groups in total. The van der Waals surface area contributed by atoms with Crippen LogP contribution in [0.5, 0.6) is 0 Å². The van der Waals surface area contributed by atoms with Gasteiger partial charge in [0.15, 0.2) is 0 Å². The zero-order chi connectivity index (χ0) is 11.4. The molecule has 3 nitrogen and oxygen atoms in total. The molecule has 0 unspecified atom stereocenters. The van der Waals surface area contributed by atoms with Crippen molar-refractivity contribution in [2.75, 3.05) is 13.7 Å². The van der Waals surface area contributed by atoms with Crippen LogP contribution in [0.15, 0.2) is 36.9 Å². The summed E-state index contributed by atoms with van der Waals surface area (Å²) in [6.07, 6.45) is 3.47. The fourth-order valence-corrected chi connectivity index (χ4v) is 0.539. The first-order valence-electron chi connectivity index (χ1n) is 3.90. The fraction of sp³-hybridized carbons (Fsp3) is 0.300. The van der Waals surface area contributed by atoms with Gasteiger partial charge in [-0.3, -0.25) is 0 Å². The molecule has 0 aromatic carbocycles. The minimum atomic E-state index is -0.601. The highest BCUT2D eigenvalue weighted by Gasteiger charge is 1.93. The second-order valence-corrected chi connectivity index (χ2v) is 2.00. The third kappa shape index (κ3) is 10.6. The van der Waals surface area contributed by atoms with Crippen LogP contribution in [0.2, 0.25) is 0 Å². The lowest BCUT2D eigenvalue weighted by Gasteiger charge is -2.02. The summed E-state index contributed by atoms with van der Waals surface area (Å²) in [6.45, 7) is 6.66. The number of allylic oxidation sites excluding steroid dienone is 3. The molecular formula is C10H15FO3. The molecule has 0 radical (unpaired) electrons. The van der Waals surface area contributed by atoms with Crippen molar-refractivity contribution in [3.63, 3.8) is 0 Å². The highest BCUT2D eigenvalue weighted by atomic mass is 19.1. The van der Waals surface area contributed by atoms with Crippen LogP contribution in [0.25, 0.3) is 0 Å². The average Bonchev–Trinajstić information content (AvgIpc) is 2.19. The molecule has 0 rings (SSSR count). The maximum Gasteiger partial charge on any atom is 0.123 e. The topological polar surface area (TPSA) is 46.5 Å². The van der Waals surface area contributed by atoms with Crippen LogP contribution in [-0.4, -0.2) is 25.1 Å². The number of rotatable bonds is 6. The highest BCUT2D eigenvalue weighted by Crippen LogP contribution is 2.04. The lowest BCUT2D eigenvalue weighted by atomic mass is 10.4. The van der Waals surface area contributed by atoms with Crippen LogP contribution >= 0.6 is 0 Å². The van der Waals surface area contributed by atoms with Gasteiger partial charge >= 0.3 is 0 Å². The van der Waals surface area contributed by atoms with Gasteiger partial charge < -0.3 is 14.6 Å². The van der Waals surface area contributed by atoms with Crippen LogP contribution in [0.1, 0.15) is 6.42 Å². The van der Waals surface area contributed by atoms with E-state index in [-0.39, 0.29) is 18.8 Å². The molecule has 0 amide bonds. The maximum atomic E-state index is 12.2. The highest BCUT2D eigenvalue weighted by molar-refractivity contribution is 5.49. The predicted molar refractivity (Wildman–Crippen MR) is 53.3 cm³/mol. The quantitative estimate of drug-likeness (QED) is 0.309. The Hall–Kier alpha value is -1.42. The number of hydrogen-bond acceptors (Lipinski definition) is 3. The predicted octanol–water partition coefficient (Wildman–Crippen LogP) is 1.75. The minimum absolute atomic E-state index is 0.231. The van der Waals surface area contributed by atoms with Crippen molar-refractivity contribution in [2.24, 2.45) is 0 Å². The van der Waals surface area contributed by atoms with Crippen molar-refractivity contribution < 1.29 is 19.0 Å². The van der Waals surface area contributed by atoms with Gasteiger partial charge in [0.25, 0.3) is 0 Å². The van der Waals surface area contributed by atoms with Crippen molar-refractivity contribution >= 4 is 6.29 Å². The number of ether oxygens (including phenoxy) is 1. The summed E-state index contributed by atoms with van der Waals surface area (Å²) in [5.74, 6) is -0.319. The van der Waals surface area contributed by atoms with Crippen LogP contribution < -0.4 is 0 Å². The second-order valence-electron chi connectivity index (χ2n) is 2.00. The summed E-state index contributed by atoms with van der Waals surface area (Å²) < 4.78 is 17.1. The van der Waals surface area contributed by atoms with Crippen molar-refractivity contribution in [1.29, 1.82) is 0 Å². The Morgan fingerprint density at radius 2 is 2.14 bits per heavy atom. The summed E-state index contributed by atoms with van der Waals surface area (Å²) in [6, 6.07) is 0. The molecular weight excluding hydrogens is 187 g/mol. The maximum absolute atomic E-state index is 12.2. The van der Waals surface area contributed by atoms with Gasteiger partial charge in [0.2, 0.25) is 0 Å². The first-order valence-corrected chi connectivity index (χ1v) is 3.90. The molecule has 0 aromatic heterocycles. The SMILES string of the molecule is C=C/C(=C\C(=C)F)OCCC=O.CO. The van der Waals surface area contributed by atoms with Gasteiger partial charge in [-0.25, -0.2) is 4.39 Å². The van der Waals surface area contributed by atoms with E-state index in [0.29, 0.717) is 0 Å². The molecule has 0 heterocycles. The Balaban J connectivity index is 0. The molecule has 0 aliphatic heterocycles. The third-order valence-electron chi connectivity index (χ3n) is 1.00. The summed E-state index contributed by atoms with van der Waals surface area (Å²) in [5, 5.41) is 7.00. The molecule has 0 aliphatic carbocycles. The van der Waals surface area contributed by atoms with E-state index >= 15 is 0 Å². The number of aldehydes is 1. The number of aliphatic hydroxyl groups is 1. The molecule has 4 heteroatoms. The van der Waals surface area contributed by atoms with Crippen LogP contribution in [0.3, 0.4) is 0 Å². The van der Waals surface area contributed by atoms with Gasteiger partial charge in [-0.15, -0.1) is 0 Å². The molecule has 0 spiro atoms. The normalized spacial score (nSPS) is 9.50. The summed E-state index contributed by atoms with van der Waals surface area (Å²) >= 11 is 0. The number of carbonyl (C=O) groups is 1. The molecule has 0 saturated carbocycles. The third-order valence-corrected chi connectivity index (χ3v) is 1.00. The zero-order valence-corrected chi connectivity index (χ0v) is 8.20. The molecule has 0 aliphatic rings. The largest absolute Gasteiger partial charge is 0.493 e. The fourth-order valence-electron chi connectivity index (χ4n) is 0.539. The number of halogens is 1. The van der Waals surface area contributed by atoms with Gasteiger partial charge in [0.1, 0.15) is 17.9 Å². The Morgan fingerprint density at radius 1 is 1.57 bits per heavy atom. The van der Waals surface area contributed by atoms with E-state index in [4.69, 9.17) is 9.84 Å². The van der Waals surface area contributed by atoms with Gasteiger partial charge in [0, 0.05) is 19.6 Å². The summed E-state index contributed by atoms with van der Waals surface area (Å²) in [7, 11) is 1.00. The van der Waals surface area contributed by atoms with E-state index in [0.717, 1.165) is 19.5 Å². The van der Waals surface area contributed by atoms with Crippen LogP contribution in [0.4, 0.5) is 4.39 Å². The van der Waals surface area contributed by atoms with E-state index < -0.39 is 5.83 Å². The molecule has 0 saturated heterocycles. The smallest absolute Gasteiger partial charge is 0.123 e. The Labute approximate surface area is 83.2 Å². The first-order chi connectivity index (χ1) is 6.70. The molecule has 14 heavy (non-hydrogen) atoms. The van der Waals surface area contributed by atoms with E-state index in [1.54, 1.807) is 0 Å². The molecule has 80 valence electrons. The minimum Gasteiger partial charge on any atom is -0.493 e.